The van der Waals surface area contributed by atoms with Crippen molar-refractivity contribution in [3.63, 3.8) is 0 Å². The number of alkyl halides is 1. The first-order chi connectivity index (χ1) is 12.1. The molecule has 25 heavy (non-hydrogen) atoms. The molecule has 0 radical (unpaired) electrons. The molecule has 0 bridgehead atoms. The predicted molar refractivity (Wildman–Crippen MR) is 96.3 cm³/mol. The molecule has 6 nitrogen and oxygen atoms in total. The highest BCUT2D eigenvalue weighted by Gasteiger charge is 2.45. The van der Waals surface area contributed by atoms with E-state index in [9.17, 15) is 5.26 Å². The van der Waals surface area contributed by atoms with Crippen LogP contribution in [0.5, 0.6) is 0 Å². The Morgan fingerprint density at radius 1 is 1.44 bits per heavy atom. The summed E-state index contributed by atoms with van der Waals surface area (Å²) in [5.41, 5.74) is 1.04. The van der Waals surface area contributed by atoms with Crippen LogP contribution in [-0.4, -0.2) is 42.9 Å². The molecule has 0 amide bonds. The molecule has 3 aromatic heterocycles. The average Bonchev–Trinajstić information content (AvgIpc) is 3.32. The number of nitrogens with one attached hydrogen (secondary N) is 1. The lowest BCUT2D eigenvalue weighted by Crippen LogP contribution is -2.36. The molecule has 3 aromatic rings. The summed E-state index contributed by atoms with van der Waals surface area (Å²) in [5, 5.41) is 10.1. The number of H-pyrrole nitrogens is 1. The van der Waals surface area contributed by atoms with Gasteiger partial charge in [-0.15, -0.1) is 0 Å². The zero-order valence-electron chi connectivity index (χ0n) is 13.6. The summed E-state index contributed by atoms with van der Waals surface area (Å²) < 4.78 is 19.2. The van der Waals surface area contributed by atoms with Crippen LogP contribution >= 0.6 is 9.39 Å². The van der Waals surface area contributed by atoms with Crippen molar-refractivity contribution in [1.29, 1.82) is 5.26 Å². The maximum absolute atomic E-state index is 15.5. The van der Waals surface area contributed by atoms with Crippen molar-refractivity contribution in [2.75, 3.05) is 13.1 Å². The molecule has 8 heteroatoms. The van der Waals surface area contributed by atoms with E-state index in [1.165, 1.54) is 6.33 Å². The predicted octanol–water partition coefficient (Wildman–Crippen LogP) is 3.09. The van der Waals surface area contributed by atoms with E-state index < -0.39 is 11.7 Å². The van der Waals surface area contributed by atoms with E-state index in [0.717, 1.165) is 22.3 Å². The number of aromatic amines is 1. The van der Waals surface area contributed by atoms with Crippen LogP contribution in [-0.2, 0) is 0 Å². The fourth-order valence-electron chi connectivity index (χ4n) is 3.59. The summed E-state index contributed by atoms with van der Waals surface area (Å²) in [6.45, 7) is 0.986. The van der Waals surface area contributed by atoms with Crippen molar-refractivity contribution in [3.8, 4) is 17.3 Å². The zero-order valence-corrected chi connectivity index (χ0v) is 14.7. The van der Waals surface area contributed by atoms with E-state index in [4.69, 9.17) is 0 Å². The first-order valence-electron chi connectivity index (χ1n) is 8.12. The number of fused-ring (bicyclic) bond motifs is 1. The summed E-state index contributed by atoms with van der Waals surface area (Å²) >= 11 is 0. The Kier molecular flexibility index (Phi) is 4.03. The van der Waals surface area contributed by atoms with Crippen molar-refractivity contribution < 1.29 is 4.39 Å². The van der Waals surface area contributed by atoms with Gasteiger partial charge in [-0.25, -0.2) is 14.4 Å². The minimum absolute atomic E-state index is 0.131. The first kappa shape index (κ1) is 16.2. The first-order valence-corrected chi connectivity index (χ1v) is 8.64. The Morgan fingerprint density at radius 2 is 2.32 bits per heavy atom. The summed E-state index contributed by atoms with van der Waals surface area (Å²) in [4.78, 5) is 11.6. The van der Waals surface area contributed by atoms with E-state index in [-0.39, 0.29) is 6.42 Å². The number of nitrogens with zero attached hydrogens (tertiary/aromatic N) is 5. The van der Waals surface area contributed by atoms with Gasteiger partial charge in [0, 0.05) is 42.6 Å². The number of nitriles is 1. The fourth-order valence-corrected chi connectivity index (χ4v) is 4.02. The molecule has 1 saturated heterocycles. The van der Waals surface area contributed by atoms with E-state index in [0.29, 0.717) is 19.5 Å². The van der Waals surface area contributed by atoms with Crippen molar-refractivity contribution in [2.45, 2.75) is 24.6 Å². The van der Waals surface area contributed by atoms with Crippen molar-refractivity contribution in [2.24, 2.45) is 0 Å². The third-order valence-corrected chi connectivity index (χ3v) is 5.30. The number of halogens is 1. The molecule has 0 saturated carbocycles. The van der Waals surface area contributed by atoms with Gasteiger partial charge >= 0.3 is 0 Å². The molecule has 0 aliphatic carbocycles. The zero-order chi connectivity index (χ0) is 17.4. The van der Waals surface area contributed by atoms with Gasteiger partial charge in [-0.1, -0.05) is 9.39 Å². The molecule has 4 heterocycles. The Morgan fingerprint density at radius 3 is 3.08 bits per heavy atom. The molecule has 0 spiro atoms. The number of hydrogen-bond donors (Lipinski definition) is 1. The topological polar surface area (TPSA) is 73.5 Å². The molecule has 1 aliphatic heterocycles. The second-order valence-electron chi connectivity index (χ2n) is 6.44. The second-order valence-corrected chi connectivity index (χ2v) is 7.17. The van der Waals surface area contributed by atoms with Crippen LogP contribution in [0.2, 0.25) is 0 Å². The van der Waals surface area contributed by atoms with Gasteiger partial charge in [0.05, 0.1) is 24.2 Å². The van der Waals surface area contributed by atoms with Gasteiger partial charge < -0.3 is 9.55 Å². The lowest BCUT2D eigenvalue weighted by atomic mass is 9.93. The average molecular weight is 356 g/mol. The lowest BCUT2D eigenvalue weighted by molar-refractivity contribution is 0.105. The summed E-state index contributed by atoms with van der Waals surface area (Å²) in [6, 6.07) is 5.47. The largest absolute Gasteiger partial charge is 0.346 e. The third-order valence-electron chi connectivity index (χ3n) is 4.86. The summed E-state index contributed by atoms with van der Waals surface area (Å²) in [7, 11) is 2.55. The minimum Gasteiger partial charge on any atom is -0.346 e. The quantitative estimate of drug-likeness (QED) is 0.729. The van der Waals surface area contributed by atoms with Gasteiger partial charge in [0.25, 0.3) is 0 Å². The molecule has 0 aromatic carbocycles. The highest BCUT2D eigenvalue weighted by molar-refractivity contribution is 7.13. The van der Waals surface area contributed by atoms with Gasteiger partial charge in [0.15, 0.2) is 0 Å². The molecule has 3 atom stereocenters. The Bertz CT molecular complexity index is 944. The van der Waals surface area contributed by atoms with Crippen LogP contribution in [0.4, 0.5) is 4.39 Å². The van der Waals surface area contributed by atoms with Crippen LogP contribution < -0.4 is 0 Å². The highest BCUT2D eigenvalue weighted by atomic mass is 31.0. The van der Waals surface area contributed by atoms with E-state index in [1.54, 1.807) is 0 Å². The van der Waals surface area contributed by atoms with Gasteiger partial charge in [0.2, 0.25) is 0 Å². The monoisotopic (exact) mass is 356 g/mol. The van der Waals surface area contributed by atoms with Crippen molar-refractivity contribution >= 4 is 20.4 Å². The normalized spacial score (nSPS) is 22.3. The van der Waals surface area contributed by atoms with Gasteiger partial charge in [0.1, 0.15) is 17.6 Å². The standard InChI is InChI=1S/C17H18FN6P/c18-17(4-8-24(25)10-17)14(1-5-19)23-7-3-12(9-23)15-13-2-6-20-16(13)22-11-21-15/h2-3,6-7,9,11,14H,1,4,8,10,25H2,(H,20,21,22). The summed E-state index contributed by atoms with van der Waals surface area (Å²) in [5.74, 6) is 0. The number of aromatic nitrogens is 4. The van der Waals surface area contributed by atoms with Gasteiger partial charge in [-0.2, -0.15) is 5.26 Å². The molecule has 1 N–H and O–H groups in total. The minimum atomic E-state index is -1.41. The van der Waals surface area contributed by atoms with Crippen molar-refractivity contribution in [1.82, 2.24) is 24.2 Å². The SMILES string of the molecule is N#CCC(n1ccc(-c2ncnc3[nH]ccc23)c1)C1(F)CCN(P)C1. The van der Waals surface area contributed by atoms with Crippen LogP contribution in [0.25, 0.3) is 22.3 Å². The van der Waals surface area contributed by atoms with E-state index in [1.807, 2.05) is 40.0 Å². The Hall–Kier alpha value is -2.29. The van der Waals surface area contributed by atoms with Crippen molar-refractivity contribution in [3.05, 3.63) is 37.1 Å². The van der Waals surface area contributed by atoms with Gasteiger partial charge in [-0.3, -0.25) is 4.67 Å². The highest BCUT2D eigenvalue weighted by Crippen LogP contribution is 2.40. The smallest absolute Gasteiger partial charge is 0.146 e. The Labute approximate surface area is 146 Å². The molecule has 4 rings (SSSR count). The number of rotatable bonds is 4. The Balaban J connectivity index is 1.72. The second kappa shape index (κ2) is 6.21. The molecule has 1 fully saturated rings. The number of hydrogen-bond acceptors (Lipinski definition) is 4. The molecule has 1 aliphatic rings. The maximum atomic E-state index is 15.5. The van der Waals surface area contributed by atoms with E-state index in [2.05, 4.69) is 30.4 Å². The lowest BCUT2D eigenvalue weighted by Gasteiger charge is -2.29. The molecule has 3 unspecified atom stereocenters. The fraction of sp³-hybridized carbons (Fsp3) is 0.353. The molecular formula is C17H18FN6P. The third kappa shape index (κ3) is 2.82. The maximum Gasteiger partial charge on any atom is 0.146 e. The van der Waals surface area contributed by atoms with Crippen LogP contribution in [0.1, 0.15) is 18.9 Å². The van der Waals surface area contributed by atoms with Crippen LogP contribution in [0, 0.1) is 11.3 Å². The van der Waals surface area contributed by atoms with Crippen LogP contribution in [0.3, 0.4) is 0 Å². The molecule has 128 valence electrons. The summed E-state index contributed by atoms with van der Waals surface area (Å²) in [6.07, 6.45) is 7.60. The van der Waals surface area contributed by atoms with Crippen LogP contribution in [0.15, 0.2) is 37.1 Å². The van der Waals surface area contributed by atoms with E-state index >= 15 is 4.39 Å². The van der Waals surface area contributed by atoms with Gasteiger partial charge in [-0.05, 0) is 18.6 Å². The molecular weight excluding hydrogens is 338 g/mol.